The summed E-state index contributed by atoms with van der Waals surface area (Å²) in [4.78, 5) is 0. The van der Waals surface area contributed by atoms with Crippen LogP contribution in [0.2, 0.25) is 0 Å². The molecule has 0 radical (unpaired) electrons. The maximum atomic E-state index is 13.2. The molecule has 0 amide bonds. The van der Waals surface area contributed by atoms with E-state index in [1.165, 1.54) is 0 Å². The highest BCUT2D eigenvalue weighted by atomic mass is 19.4. The molecule has 0 aliphatic heterocycles. The van der Waals surface area contributed by atoms with Crippen LogP contribution in [0.15, 0.2) is 12.1 Å². The molecule has 0 spiro atoms. The molecule has 1 saturated carbocycles. The number of halogens is 6. The quantitative estimate of drug-likeness (QED) is 0.825. The minimum absolute atomic E-state index is 0.102. The molecule has 0 aromatic heterocycles. The van der Waals surface area contributed by atoms with E-state index in [0.717, 1.165) is 20.0 Å². The fourth-order valence-electron chi connectivity index (χ4n) is 2.41. The first-order valence-corrected chi connectivity index (χ1v) is 6.66. The molecule has 0 bridgehead atoms. The number of hydrogen-bond acceptors (Lipinski definition) is 2. The van der Waals surface area contributed by atoms with Crippen molar-refractivity contribution in [1.29, 1.82) is 0 Å². The summed E-state index contributed by atoms with van der Waals surface area (Å²) in [6.45, 7) is 0. The number of benzene rings is 1. The van der Waals surface area contributed by atoms with Gasteiger partial charge >= 0.3 is 12.4 Å². The van der Waals surface area contributed by atoms with Crippen molar-refractivity contribution in [3.05, 3.63) is 28.8 Å². The number of rotatable bonds is 4. The normalized spacial score (nSPS) is 17.5. The predicted molar refractivity (Wildman–Crippen MR) is 67.3 cm³/mol. The van der Waals surface area contributed by atoms with Gasteiger partial charge in [0.1, 0.15) is 5.75 Å². The van der Waals surface area contributed by atoms with Crippen molar-refractivity contribution in [1.82, 2.24) is 0 Å². The van der Waals surface area contributed by atoms with Gasteiger partial charge < -0.3 is 10.5 Å². The Morgan fingerprint density at radius 3 is 2.14 bits per heavy atom. The number of hydrogen-bond donors (Lipinski definition) is 1. The number of methoxy groups -OCH3 is 1. The molecular formula is C14H15F6NO. The zero-order chi connectivity index (χ0) is 16.7. The lowest BCUT2D eigenvalue weighted by molar-refractivity contribution is -0.143. The van der Waals surface area contributed by atoms with E-state index in [0.29, 0.717) is 12.5 Å². The van der Waals surface area contributed by atoms with Gasteiger partial charge in [0.2, 0.25) is 0 Å². The van der Waals surface area contributed by atoms with E-state index in [-0.39, 0.29) is 12.0 Å². The summed E-state index contributed by atoms with van der Waals surface area (Å²) >= 11 is 0. The van der Waals surface area contributed by atoms with E-state index in [9.17, 15) is 26.3 Å². The number of alkyl halides is 6. The van der Waals surface area contributed by atoms with Gasteiger partial charge in [-0.3, -0.25) is 0 Å². The van der Waals surface area contributed by atoms with E-state index in [4.69, 9.17) is 10.5 Å². The Bertz CT molecular complexity index is 547. The van der Waals surface area contributed by atoms with Crippen LogP contribution in [0, 0.1) is 5.92 Å². The van der Waals surface area contributed by atoms with Crippen LogP contribution < -0.4 is 10.5 Å². The van der Waals surface area contributed by atoms with Crippen molar-refractivity contribution < 1.29 is 31.1 Å². The van der Waals surface area contributed by atoms with Gasteiger partial charge in [-0.15, -0.1) is 0 Å². The van der Waals surface area contributed by atoms with Crippen molar-refractivity contribution in [2.24, 2.45) is 11.7 Å². The molecule has 8 heteroatoms. The highest BCUT2D eigenvalue weighted by Gasteiger charge is 2.41. The van der Waals surface area contributed by atoms with Gasteiger partial charge in [0, 0.05) is 11.6 Å². The number of nitrogens with two attached hydrogens (primary N) is 1. The summed E-state index contributed by atoms with van der Waals surface area (Å²) in [5.41, 5.74) is 2.61. The Labute approximate surface area is 123 Å². The first-order valence-electron chi connectivity index (χ1n) is 6.66. The SMILES string of the molecule is COc1cc(C(F)(F)F)cc(C(F)(F)F)c1[C@H](N)CC1CC1. The Morgan fingerprint density at radius 1 is 1.14 bits per heavy atom. The minimum Gasteiger partial charge on any atom is -0.496 e. The molecule has 1 aromatic carbocycles. The zero-order valence-electron chi connectivity index (χ0n) is 11.7. The fourth-order valence-corrected chi connectivity index (χ4v) is 2.41. The second kappa shape index (κ2) is 5.64. The summed E-state index contributed by atoms with van der Waals surface area (Å²) in [5, 5.41) is 0. The van der Waals surface area contributed by atoms with E-state index in [1.807, 2.05) is 0 Å². The second-order valence-corrected chi connectivity index (χ2v) is 5.42. The molecule has 2 N–H and O–H groups in total. The Hall–Kier alpha value is -1.44. The van der Waals surface area contributed by atoms with Crippen LogP contribution in [-0.4, -0.2) is 7.11 Å². The molecular weight excluding hydrogens is 312 g/mol. The van der Waals surface area contributed by atoms with Crippen molar-refractivity contribution in [3.63, 3.8) is 0 Å². The third kappa shape index (κ3) is 3.66. The van der Waals surface area contributed by atoms with Crippen LogP contribution in [0.3, 0.4) is 0 Å². The highest BCUT2D eigenvalue weighted by Crippen LogP contribution is 2.46. The Morgan fingerprint density at radius 2 is 1.73 bits per heavy atom. The van der Waals surface area contributed by atoms with Gasteiger partial charge in [0.15, 0.2) is 0 Å². The monoisotopic (exact) mass is 327 g/mol. The van der Waals surface area contributed by atoms with Crippen molar-refractivity contribution in [2.45, 2.75) is 37.7 Å². The predicted octanol–water partition coefficient (Wildman–Crippen LogP) is 4.53. The fraction of sp³-hybridized carbons (Fsp3) is 0.571. The zero-order valence-corrected chi connectivity index (χ0v) is 11.7. The second-order valence-electron chi connectivity index (χ2n) is 5.42. The molecule has 1 aliphatic carbocycles. The smallest absolute Gasteiger partial charge is 0.416 e. The lowest BCUT2D eigenvalue weighted by Gasteiger charge is -2.23. The van der Waals surface area contributed by atoms with Crippen LogP contribution >= 0.6 is 0 Å². The molecule has 22 heavy (non-hydrogen) atoms. The van der Waals surface area contributed by atoms with Crippen LogP contribution in [0.4, 0.5) is 26.3 Å². The molecule has 124 valence electrons. The van der Waals surface area contributed by atoms with E-state index >= 15 is 0 Å². The summed E-state index contributed by atoms with van der Waals surface area (Å²) in [6.07, 6.45) is -7.79. The first-order chi connectivity index (χ1) is 10.0. The topological polar surface area (TPSA) is 35.2 Å². The molecule has 1 aliphatic rings. The van der Waals surface area contributed by atoms with Crippen LogP contribution in [0.25, 0.3) is 0 Å². The molecule has 1 aromatic rings. The van der Waals surface area contributed by atoms with Crippen LogP contribution in [0.5, 0.6) is 5.75 Å². The van der Waals surface area contributed by atoms with Gasteiger partial charge in [0.25, 0.3) is 0 Å². The van der Waals surface area contributed by atoms with Crippen molar-refractivity contribution in [3.8, 4) is 5.75 Å². The average molecular weight is 327 g/mol. The van der Waals surface area contributed by atoms with E-state index in [2.05, 4.69) is 0 Å². The summed E-state index contributed by atoms with van der Waals surface area (Å²) < 4.78 is 82.6. The first kappa shape index (κ1) is 16.9. The lowest BCUT2D eigenvalue weighted by Crippen LogP contribution is -2.21. The van der Waals surface area contributed by atoms with E-state index in [1.54, 1.807) is 0 Å². The minimum atomic E-state index is -4.94. The Kier molecular flexibility index (Phi) is 4.34. The van der Waals surface area contributed by atoms with Crippen LogP contribution in [0.1, 0.15) is 42.0 Å². The lowest BCUT2D eigenvalue weighted by atomic mass is 9.93. The Balaban J connectivity index is 2.57. The van der Waals surface area contributed by atoms with Gasteiger partial charge in [-0.05, 0) is 24.5 Å². The van der Waals surface area contributed by atoms with Gasteiger partial charge in [-0.2, -0.15) is 26.3 Å². The highest BCUT2D eigenvalue weighted by molar-refractivity contribution is 5.48. The van der Waals surface area contributed by atoms with E-state index < -0.39 is 40.8 Å². The molecule has 0 unspecified atom stereocenters. The summed E-state index contributed by atoms with van der Waals surface area (Å²) in [5.74, 6) is -0.251. The molecule has 0 heterocycles. The molecule has 1 atom stereocenters. The summed E-state index contributed by atoms with van der Waals surface area (Å²) in [7, 11) is 1.03. The standard InChI is InChI=1S/C14H15F6NO/c1-22-11-6-8(13(15,16)17)5-9(14(18,19)20)12(11)10(21)4-7-2-3-7/h5-7,10H,2-4,21H2,1H3/t10-/m1/s1. The third-order valence-electron chi connectivity index (χ3n) is 3.65. The molecule has 0 saturated heterocycles. The number of ether oxygens (including phenoxy) is 1. The summed E-state index contributed by atoms with van der Waals surface area (Å²) in [6, 6.07) is -0.344. The maximum Gasteiger partial charge on any atom is 0.416 e. The van der Waals surface area contributed by atoms with Crippen molar-refractivity contribution in [2.75, 3.05) is 7.11 Å². The molecule has 2 rings (SSSR count). The van der Waals surface area contributed by atoms with Gasteiger partial charge in [0.05, 0.1) is 18.2 Å². The largest absolute Gasteiger partial charge is 0.496 e. The molecule has 2 nitrogen and oxygen atoms in total. The van der Waals surface area contributed by atoms with Crippen molar-refractivity contribution >= 4 is 0 Å². The van der Waals surface area contributed by atoms with Gasteiger partial charge in [-0.1, -0.05) is 12.8 Å². The third-order valence-corrected chi connectivity index (χ3v) is 3.65. The average Bonchev–Trinajstić information content (AvgIpc) is 3.18. The molecule has 1 fully saturated rings. The van der Waals surface area contributed by atoms with Crippen LogP contribution in [-0.2, 0) is 12.4 Å². The maximum absolute atomic E-state index is 13.2. The van der Waals surface area contributed by atoms with Gasteiger partial charge in [-0.25, -0.2) is 0 Å².